The van der Waals surface area contributed by atoms with Crippen molar-refractivity contribution in [1.29, 1.82) is 0 Å². The highest BCUT2D eigenvalue weighted by Gasteiger charge is 2.38. The normalized spacial score (nSPS) is 21.5. The van der Waals surface area contributed by atoms with E-state index in [2.05, 4.69) is 45.0 Å². The molecule has 0 radical (unpaired) electrons. The van der Waals surface area contributed by atoms with Crippen LogP contribution in [-0.4, -0.2) is 25.9 Å². The van der Waals surface area contributed by atoms with Crippen LogP contribution in [-0.2, 0) is 9.31 Å². The Morgan fingerprint density at radius 2 is 1.86 bits per heavy atom. The average Bonchev–Trinajstić information content (AvgIpc) is 2.44. The maximum Gasteiger partial charge on any atom is 0.494 e. The molecule has 1 fully saturated rings. The number of ether oxygens (including phenoxy) is 1. The van der Waals surface area contributed by atoms with Crippen molar-refractivity contribution < 1.29 is 14.0 Å². The Morgan fingerprint density at radius 3 is 2.57 bits per heavy atom. The first-order valence-electron chi connectivity index (χ1n) is 7.38. The summed E-state index contributed by atoms with van der Waals surface area (Å²) in [5, 5.41) is 2.32. The lowest BCUT2D eigenvalue weighted by molar-refractivity contribution is -0.0229. The first-order chi connectivity index (χ1) is 9.97. The van der Waals surface area contributed by atoms with E-state index >= 15 is 0 Å². The van der Waals surface area contributed by atoms with E-state index in [1.54, 1.807) is 7.11 Å². The maximum absolute atomic E-state index is 6.08. The monoisotopic (exact) mass is 284 g/mol. The number of fused-ring (bicyclic) bond motifs is 1. The molecule has 1 heterocycles. The summed E-state index contributed by atoms with van der Waals surface area (Å²) >= 11 is 0. The molecule has 110 valence electrons. The van der Waals surface area contributed by atoms with E-state index < -0.39 is 0 Å². The van der Waals surface area contributed by atoms with Crippen LogP contribution in [0.25, 0.3) is 10.8 Å². The molecule has 2 aromatic rings. The molecule has 2 aromatic carbocycles. The Bertz CT molecular complexity index is 654. The minimum Gasteiger partial charge on any atom is -0.497 e. The first kappa shape index (κ1) is 14.4. The number of methoxy groups -OCH3 is 1. The van der Waals surface area contributed by atoms with Crippen molar-refractivity contribution in [1.82, 2.24) is 0 Å². The summed E-state index contributed by atoms with van der Waals surface area (Å²) in [5.41, 5.74) is 0.907. The predicted octanol–water partition coefficient (Wildman–Crippen LogP) is 3.15. The van der Waals surface area contributed by atoms with Crippen LogP contribution in [0.4, 0.5) is 0 Å². The van der Waals surface area contributed by atoms with Crippen LogP contribution in [0, 0.1) is 0 Å². The topological polar surface area (TPSA) is 27.7 Å². The van der Waals surface area contributed by atoms with E-state index in [1.807, 2.05) is 12.1 Å². The molecule has 3 nitrogen and oxygen atoms in total. The van der Waals surface area contributed by atoms with E-state index in [-0.39, 0.29) is 18.8 Å². The average molecular weight is 284 g/mol. The van der Waals surface area contributed by atoms with Gasteiger partial charge in [-0.1, -0.05) is 24.3 Å². The van der Waals surface area contributed by atoms with Gasteiger partial charge in [0.25, 0.3) is 0 Å². The minimum atomic E-state index is -0.296. The van der Waals surface area contributed by atoms with E-state index in [4.69, 9.17) is 14.0 Å². The van der Waals surface area contributed by atoms with Gasteiger partial charge in [-0.3, -0.25) is 0 Å². The molecule has 3 rings (SSSR count). The van der Waals surface area contributed by atoms with Crippen molar-refractivity contribution in [3.63, 3.8) is 0 Å². The molecule has 1 atom stereocenters. The molecule has 0 N–H and O–H groups in total. The summed E-state index contributed by atoms with van der Waals surface area (Å²) in [6.45, 7) is 6.33. The van der Waals surface area contributed by atoms with Crippen molar-refractivity contribution in [3.8, 4) is 5.75 Å². The molecule has 1 aliphatic rings. The molecule has 4 heteroatoms. The highest BCUT2D eigenvalue weighted by molar-refractivity contribution is 6.61. The fourth-order valence-electron chi connectivity index (χ4n) is 2.98. The van der Waals surface area contributed by atoms with Gasteiger partial charge >= 0.3 is 7.12 Å². The molecule has 21 heavy (non-hydrogen) atoms. The lowest BCUT2D eigenvalue weighted by Gasteiger charge is -2.38. The molecule has 1 aliphatic heterocycles. The molecule has 0 amide bonds. The van der Waals surface area contributed by atoms with Crippen molar-refractivity contribution in [3.05, 3.63) is 36.4 Å². The summed E-state index contributed by atoms with van der Waals surface area (Å²) in [5.74, 6) is 0.871. The van der Waals surface area contributed by atoms with E-state index in [0.29, 0.717) is 0 Å². The summed E-state index contributed by atoms with van der Waals surface area (Å²) in [7, 11) is 1.39. The van der Waals surface area contributed by atoms with E-state index in [1.165, 1.54) is 0 Å². The molecule has 1 saturated heterocycles. The molecule has 1 unspecified atom stereocenters. The van der Waals surface area contributed by atoms with Crippen LogP contribution in [0.3, 0.4) is 0 Å². The van der Waals surface area contributed by atoms with Gasteiger partial charge in [0.2, 0.25) is 0 Å². The van der Waals surface area contributed by atoms with E-state index in [0.717, 1.165) is 28.4 Å². The smallest absolute Gasteiger partial charge is 0.494 e. The first-order valence-corrected chi connectivity index (χ1v) is 7.38. The Labute approximate surface area is 126 Å². The quantitative estimate of drug-likeness (QED) is 0.793. The fraction of sp³-hybridized carbons (Fsp3) is 0.412. The third-order valence-electron chi connectivity index (χ3n) is 3.90. The summed E-state index contributed by atoms with van der Waals surface area (Å²) in [6.07, 6.45) is 1.11. The molecule has 0 bridgehead atoms. The van der Waals surface area contributed by atoms with Crippen LogP contribution in [0.15, 0.2) is 36.4 Å². The zero-order chi connectivity index (χ0) is 15.0. The molecule has 0 aromatic heterocycles. The highest BCUT2D eigenvalue weighted by atomic mass is 16.6. The van der Waals surface area contributed by atoms with Crippen LogP contribution in [0.1, 0.15) is 27.2 Å². The fourth-order valence-corrected chi connectivity index (χ4v) is 2.98. The zero-order valence-electron chi connectivity index (χ0n) is 13.1. The van der Waals surface area contributed by atoms with Gasteiger partial charge in [0.15, 0.2) is 0 Å². The number of hydrogen-bond acceptors (Lipinski definition) is 3. The Hall–Kier alpha value is -1.52. The van der Waals surface area contributed by atoms with Crippen LogP contribution in [0.2, 0.25) is 0 Å². The summed E-state index contributed by atoms with van der Waals surface area (Å²) in [6, 6.07) is 12.4. The van der Waals surface area contributed by atoms with Gasteiger partial charge in [-0.25, -0.2) is 0 Å². The summed E-state index contributed by atoms with van der Waals surface area (Å²) < 4.78 is 17.3. The Kier molecular flexibility index (Phi) is 3.68. The van der Waals surface area contributed by atoms with Gasteiger partial charge in [0.05, 0.1) is 12.7 Å². The van der Waals surface area contributed by atoms with Gasteiger partial charge < -0.3 is 14.0 Å². The van der Waals surface area contributed by atoms with Gasteiger partial charge in [0.1, 0.15) is 5.75 Å². The third kappa shape index (κ3) is 3.06. The van der Waals surface area contributed by atoms with Crippen LogP contribution in [0.5, 0.6) is 5.75 Å². The number of rotatable bonds is 2. The van der Waals surface area contributed by atoms with Crippen molar-refractivity contribution in [2.75, 3.05) is 7.11 Å². The van der Waals surface area contributed by atoms with E-state index in [9.17, 15) is 0 Å². The lowest BCUT2D eigenvalue weighted by Crippen LogP contribution is -2.51. The van der Waals surface area contributed by atoms with Crippen LogP contribution >= 0.6 is 0 Å². The van der Waals surface area contributed by atoms with Gasteiger partial charge in [-0.15, -0.1) is 0 Å². The van der Waals surface area contributed by atoms with Gasteiger partial charge in [-0.2, -0.15) is 0 Å². The van der Waals surface area contributed by atoms with Gasteiger partial charge in [0, 0.05) is 6.10 Å². The molecule has 0 spiro atoms. The molecule has 0 aliphatic carbocycles. The standard InChI is InChI=1S/C17H21BO3/c1-12-11-17(2,3)21-18(20-12)15-7-5-14-10-16(19-4)8-6-13(14)9-15/h5-10,12H,11H2,1-4H3. The highest BCUT2D eigenvalue weighted by Crippen LogP contribution is 2.26. The van der Waals surface area contributed by atoms with Crippen molar-refractivity contribution >= 4 is 23.4 Å². The summed E-state index contributed by atoms with van der Waals surface area (Å²) in [4.78, 5) is 0. The lowest BCUT2D eigenvalue weighted by atomic mass is 9.74. The Morgan fingerprint density at radius 1 is 1.14 bits per heavy atom. The zero-order valence-corrected chi connectivity index (χ0v) is 13.1. The third-order valence-corrected chi connectivity index (χ3v) is 3.90. The minimum absolute atomic E-state index is 0.156. The SMILES string of the molecule is COc1ccc2cc(B3OC(C)CC(C)(C)O3)ccc2c1. The molecular formula is C17H21BO3. The molecular weight excluding hydrogens is 263 g/mol. The predicted molar refractivity (Wildman–Crippen MR) is 86.2 cm³/mol. The van der Waals surface area contributed by atoms with Gasteiger partial charge in [-0.05, 0) is 55.6 Å². The maximum atomic E-state index is 6.08. The van der Waals surface area contributed by atoms with Crippen molar-refractivity contribution in [2.24, 2.45) is 0 Å². The Balaban J connectivity index is 1.93. The second-order valence-electron chi connectivity index (χ2n) is 6.33. The molecule has 0 saturated carbocycles. The number of hydrogen-bond donors (Lipinski definition) is 0. The number of benzene rings is 2. The van der Waals surface area contributed by atoms with Crippen LogP contribution < -0.4 is 10.2 Å². The second kappa shape index (κ2) is 5.36. The largest absolute Gasteiger partial charge is 0.497 e. The van der Waals surface area contributed by atoms with Crippen molar-refractivity contribution in [2.45, 2.75) is 38.9 Å². The second-order valence-corrected chi connectivity index (χ2v) is 6.33.